The summed E-state index contributed by atoms with van der Waals surface area (Å²) in [5, 5.41) is 9.54. The van der Waals surface area contributed by atoms with Crippen LogP contribution in [0.1, 0.15) is 6.42 Å². The van der Waals surface area contributed by atoms with E-state index in [1.807, 2.05) is 0 Å². The molecule has 108 valence electrons. The Bertz CT molecular complexity index is 663. The Labute approximate surface area is 129 Å². The zero-order valence-electron chi connectivity index (χ0n) is 10.9. The summed E-state index contributed by atoms with van der Waals surface area (Å²) in [5.74, 6) is 0.434. The van der Waals surface area contributed by atoms with E-state index in [1.165, 1.54) is 0 Å². The molecular formula is C14H12BrN3O3. The van der Waals surface area contributed by atoms with Crippen LogP contribution < -0.4 is 9.64 Å². The Kier molecular flexibility index (Phi) is 3.85. The van der Waals surface area contributed by atoms with Gasteiger partial charge in [-0.1, -0.05) is 6.07 Å². The van der Waals surface area contributed by atoms with Gasteiger partial charge >= 0.3 is 6.01 Å². The van der Waals surface area contributed by atoms with E-state index in [0.29, 0.717) is 18.0 Å². The van der Waals surface area contributed by atoms with Crippen molar-refractivity contribution < 1.29 is 14.6 Å². The number of halogens is 1. The van der Waals surface area contributed by atoms with Crippen LogP contribution in [0.5, 0.6) is 11.8 Å². The van der Waals surface area contributed by atoms with Crippen LogP contribution in [0.2, 0.25) is 0 Å². The number of anilines is 1. The van der Waals surface area contributed by atoms with E-state index in [2.05, 4.69) is 25.9 Å². The molecule has 1 fully saturated rings. The lowest BCUT2D eigenvalue weighted by Crippen LogP contribution is -2.25. The van der Waals surface area contributed by atoms with Gasteiger partial charge in [-0.2, -0.15) is 0 Å². The molecule has 0 saturated carbocycles. The average Bonchev–Trinajstić information content (AvgIpc) is 2.81. The molecule has 1 aromatic carbocycles. The minimum Gasteiger partial charge on any atom is -0.424 e. The van der Waals surface area contributed by atoms with Crippen molar-refractivity contribution in [1.29, 1.82) is 0 Å². The molecule has 1 amide bonds. The molecule has 1 saturated heterocycles. The summed E-state index contributed by atoms with van der Waals surface area (Å²) in [6, 6.07) is 7.28. The van der Waals surface area contributed by atoms with Crippen molar-refractivity contribution in [2.45, 2.75) is 12.5 Å². The molecular weight excluding hydrogens is 338 g/mol. The van der Waals surface area contributed by atoms with Crippen molar-refractivity contribution in [1.82, 2.24) is 9.97 Å². The Morgan fingerprint density at radius 2 is 2.10 bits per heavy atom. The second kappa shape index (κ2) is 5.79. The highest BCUT2D eigenvalue weighted by molar-refractivity contribution is 9.10. The van der Waals surface area contributed by atoms with E-state index in [0.717, 1.165) is 4.47 Å². The van der Waals surface area contributed by atoms with Gasteiger partial charge in [0.1, 0.15) is 5.75 Å². The van der Waals surface area contributed by atoms with Gasteiger partial charge in [-0.05, 0) is 28.1 Å². The van der Waals surface area contributed by atoms with Crippen LogP contribution in [-0.2, 0) is 4.79 Å². The average molecular weight is 350 g/mol. The molecule has 1 unspecified atom stereocenters. The van der Waals surface area contributed by atoms with Crippen molar-refractivity contribution in [2.75, 3.05) is 11.4 Å². The molecule has 1 aromatic heterocycles. The van der Waals surface area contributed by atoms with Crippen molar-refractivity contribution in [3.63, 3.8) is 0 Å². The number of amides is 1. The number of hydrogen-bond acceptors (Lipinski definition) is 5. The highest BCUT2D eigenvalue weighted by Gasteiger charge is 2.29. The summed E-state index contributed by atoms with van der Waals surface area (Å²) in [4.78, 5) is 21.4. The standard InChI is InChI=1S/C14H12BrN3O3/c15-9-6-16-14(17-7-9)21-12-3-1-2-10(4-12)18-8-11(19)5-13(18)20/h1-4,6-7,11,19H,5,8H2. The highest BCUT2D eigenvalue weighted by atomic mass is 79.9. The number of nitrogens with zero attached hydrogens (tertiary/aromatic N) is 3. The zero-order valence-corrected chi connectivity index (χ0v) is 12.5. The number of hydrogen-bond donors (Lipinski definition) is 1. The molecule has 6 nitrogen and oxygen atoms in total. The molecule has 2 aromatic rings. The Morgan fingerprint density at radius 1 is 1.33 bits per heavy atom. The lowest BCUT2D eigenvalue weighted by molar-refractivity contribution is -0.117. The van der Waals surface area contributed by atoms with Crippen LogP contribution in [-0.4, -0.2) is 33.6 Å². The molecule has 0 bridgehead atoms. The number of aliphatic hydroxyl groups excluding tert-OH is 1. The third kappa shape index (κ3) is 3.20. The Balaban J connectivity index is 1.80. The fourth-order valence-corrected chi connectivity index (χ4v) is 2.32. The second-order valence-corrected chi connectivity index (χ2v) is 5.56. The summed E-state index contributed by atoms with van der Waals surface area (Å²) < 4.78 is 6.32. The van der Waals surface area contributed by atoms with Gasteiger partial charge in [0.15, 0.2) is 0 Å². The van der Waals surface area contributed by atoms with Crippen molar-refractivity contribution in [2.24, 2.45) is 0 Å². The minimum absolute atomic E-state index is 0.0976. The van der Waals surface area contributed by atoms with E-state index in [-0.39, 0.29) is 18.3 Å². The fourth-order valence-electron chi connectivity index (χ4n) is 2.11. The van der Waals surface area contributed by atoms with E-state index < -0.39 is 6.10 Å². The van der Waals surface area contributed by atoms with Crippen LogP contribution in [0.4, 0.5) is 5.69 Å². The van der Waals surface area contributed by atoms with E-state index in [1.54, 1.807) is 41.6 Å². The fraction of sp³-hybridized carbons (Fsp3) is 0.214. The number of ether oxygens (including phenoxy) is 1. The van der Waals surface area contributed by atoms with Crippen molar-refractivity contribution in [3.05, 3.63) is 41.1 Å². The monoisotopic (exact) mass is 349 g/mol. The maximum atomic E-state index is 11.8. The van der Waals surface area contributed by atoms with Gasteiger partial charge in [-0.3, -0.25) is 4.79 Å². The quantitative estimate of drug-likeness (QED) is 0.918. The zero-order chi connectivity index (χ0) is 14.8. The molecule has 1 N–H and O–H groups in total. The molecule has 0 spiro atoms. The molecule has 1 aliphatic rings. The third-order valence-corrected chi connectivity index (χ3v) is 3.45. The highest BCUT2D eigenvalue weighted by Crippen LogP contribution is 2.27. The maximum Gasteiger partial charge on any atom is 0.321 e. The molecule has 21 heavy (non-hydrogen) atoms. The van der Waals surface area contributed by atoms with Crippen LogP contribution in [0.25, 0.3) is 0 Å². The summed E-state index contributed by atoms with van der Waals surface area (Å²) in [5.41, 5.74) is 0.686. The van der Waals surface area contributed by atoms with Crippen LogP contribution in [0, 0.1) is 0 Å². The first kappa shape index (κ1) is 14.0. The molecule has 1 atom stereocenters. The Hall–Kier alpha value is -1.99. The number of carbonyl (C=O) groups excluding carboxylic acids is 1. The van der Waals surface area contributed by atoms with Crippen molar-refractivity contribution in [3.8, 4) is 11.8 Å². The molecule has 7 heteroatoms. The van der Waals surface area contributed by atoms with Gasteiger partial charge in [0.2, 0.25) is 5.91 Å². The molecule has 0 aliphatic carbocycles. The summed E-state index contributed by atoms with van der Waals surface area (Å²) in [7, 11) is 0. The van der Waals surface area contributed by atoms with E-state index in [9.17, 15) is 9.90 Å². The minimum atomic E-state index is -0.614. The van der Waals surface area contributed by atoms with Crippen LogP contribution >= 0.6 is 15.9 Å². The van der Waals surface area contributed by atoms with Crippen LogP contribution in [0.15, 0.2) is 41.1 Å². The Morgan fingerprint density at radius 3 is 2.76 bits per heavy atom. The van der Waals surface area contributed by atoms with Gasteiger partial charge < -0.3 is 14.7 Å². The largest absolute Gasteiger partial charge is 0.424 e. The van der Waals surface area contributed by atoms with Crippen molar-refractivity contribution >= 4 is 27.5 Å². The normalized spacial score (nSPS) is 18.1. The molecule has 2 heterocycles. The number of aliphatic hydroxyl groups is 1. The SMILES string of the molecule is O=C1CC(O)CN1c1cccc(Oc2ncc(Br)cn2)c1. The van der Waals surface area contributed by atoms with Gasteiger partial charge in [0.05, 0.1) is 23.5 Å². The van der Waals surface area contributed by atoms with Crippen LogP contribution in [0.3, 0.4) is 0 Å². The predicted molar refractivity (Wildman–Crippen MR) is 79.2 cm³/mol. The molecule has 3 rings (SSSR count). The topological polar surface area (TPSA) is 75.5 Å². The number of benzene rings is 1. The first-order valence-electron chi connectivity index (χ1n) is 6.36. The van der Waals surface area contributed by atoms with Gasteiger partial charge in [0.25, 0.3) is 0 Å². The predicted octanol–water partition coefficient (Wildman–Crippen LogP) is 2.13. The van der Waals surface area contributed by atoms with E-state index >= 15 is 0 Å². The number of β-amino-alcohol motifs (C(OH)–C–C–N with tert-alkyl or cyclic N) is 1. The first-order valence-corrected chi connectivity index (χ1v) is 7.15. The summed E-state index contributed by atoms with van der Waals surface area (Å²) in [6.07, 6.45) is 2.72. The van der Waals surface area contributed by atoms with Gasteiger partial charge in [-0.25, -0.2) is 9.97 Å². The second-order valence-electron chi connectivity index (χ2n) is 4.65. The lowest BCUT2D eigenvalue weighted by Gasteiger charge is -2.16. The smallest absolute Gasteiger partial charge is 0.321 e. The lowest BCUT2D eigenvalue weighted by atomic mass is 10.3. The number of carbonyl (C=O) groups is 1. The van der Waals surface area contributed by atoms with Gasteiger partial charge in [-0.15, -0.1) is 0 Å². The third-order valence-electron chi connectivity index (χ3n) is 3.04. The number of rotatable bonds is 3. The number of aromatic nitrogens is 2. The molecule has 1 aliphatic heterocycles. The molecule has 0 radical (unpaired) electrons. The van der Waals surface area contributed by atoms with E-state index in [4.69, 9.17) is 4.74 Å². The summed E-state index contributed by atoms with van der Waals surface area (Å²) in [6.45, 7) is 0.303. The van der Waals surface area contributed by atoms with Gasteiger partial charge in [0, 0.05) is 24.1 Å². The first-order chi connectivity index (χ1) is 10.1. The summed E-state index contributed by atoms with van der Waals surface area (Å²) >= 11 is 3.25. The maximum absolute atomic E-state index is 11.8.